The number of sulfonamides is 1. The SMILES string of the molecule is COc1c(N2CC(C)NC(C)C2)cccc1N(Br)S(=O)(=O)c1cccc(F)c1. The van der Waals surface area contributed by atoms with E-state index in [0.29, 0.717) is 11.4 Å². The third-order valence-electron chi connectivity index (χ3n) is 4.57. The number of nitrogens with one attached hydrogen (secondary N) is 1. The summed E-state index contributed by atoms with van der Waals surface area (Å²) in [6.07, 6.45) is 0. The Kier molecular flexibility index (Phi) is 6.16. The number of nitrogens with zero attached hydrogens (tertiary/aromatic N) is 2. The van der Waals surface area contributed by atoms with E-state index in [1.807, 2.05) is 6.07 Å². The van der Waals surface area contributed by atoms with E-state index in [-0.39, 0.29) is 17.0 Å². The Bertz CT molecular complexity index is 947. The van der Waals surface area contributed by atoms with Crippen molar-refractivity contribution < 1.29 is 17.5 Å². The van der Waals surface area contributed by atoms with Crippen LogP contribution in [0.15, 0.2) is 47.4 Å². The maximum Gasteiger partial charge on any atom is 0.274 e. The van der Waals surface area contributed by atoms with E-state index in [0.717, 1.165) is 28.2 Å². The molecule has 9 heteroatoms. The van der Waals surface area contributed by atoms with Gasteiger partial charge in [0.1, 0.15) is 11.5 Å². The largest absolute Gasteiger partial charge is 0.492 e. The van der Waals surface area contributed by atoms with Crippen molar-refractivity contribution in [2.45, 2.75) is 30.8 Å². The molecule has 152 valence electrons. The number of halogens is 2. The molecule has 0 radical (unpaired) electrons. The second kappa shape index (κ2) is 8.26. The lowest BCUT2D eigenvalue weighted by Gasteiger charge is -2.38. The van der Waals surface area contributed by atoms with Gasteiger partial charge in [0, 0.05) is 25.2 Å². The highest BCUT2D eigenvalue weighted by Gasteiger charge is 2.30. The first kappa shape index (κ1) is 20.9. The van der Waals surface area contributed by atoms with E-state index in [1.54, 1.807) is 12.1 Å². The van der Waals surface area contributed by atoms with Gasteiger partial charge < -0.3 is 15.0 Å². The summed E-state index contributed by atoms with van der Waals surface area (Å²) < 4.78 is 46.1. The third-order valence-corrected chi connectivity index (χ3v) is 7.56. The maximum absolute atomic E-state index is 13.6. The third kappa shape index (κ3) is 4.11. The summed E-state index contributed by atoms with van der Waals surface area (Å²) >= 11 is 3.15. The molecule has 1 fully saturated rings. The Morgan fingerprint density at radius 1 is 1.18 bits per heavy atom. The molecular formula is C19H23BrFN3O3S. The van der Waals surface area contributed by atoms with Gasteiger partial charge in [-0.2, -0.15) is 3.33 Å². The average Bonchev–Trinajstić information content (AvgIpc) is 2.65. The summed E-state index contributed by atoms with van der Waals surface area (Å²) in [5, 5.41) is 3.47. The monoisotopic (exact) mass is 471 g/mol. The zero-order valence-electron chi connectivity index (χ0n) is 15.9. The Balaban J connectivity index is 2.02. The molecule has 0 aromatic heterocycles. The smallest absolute Gasteiger partial charge is 0.274 e. The van der Waals surface area contributed by atoms with Crippen molar-refractivity contribution in [3.05, 3.63) is 48.3 Å². The van der Waals surface area contributed by atoms with Crippen LogP contribution >= 0.6 is 16.1 Å². The molecule has 3 rings (SSSR count). The lowest BCUT2D eigenvalue weighted by molar-refractivity contribution is 0.392. The van der Waals surface area contributed by atoms with Crippen molar-refractivity contribution in [2.75, 3.05) is 28.4 Å². The number of benzene rings is 2. The fraction of sp³-hybridized carbons (Fsp3) is 0.368. The predicted molar refractivity (Wildman–Crippen MR) is 112 cm³/mol. The molecule has 1 aliphatic rings. The summed E-state index contributed by atoms with van der Waals surface area (Å²) in [6, 6.07) is 10.8. The van der Waals surface area contributed by atoms with Crippen LogP contribution < -0.4 is 18.3 Å². The minimum Gasteiger partial charge on any atom is -0.492 e. The van der Waals surface area contributed by atoms with Crippen molar-refractivity contribution >= 4 is 37.5 Å². The van der Waals surface area contributed by atoms with Crippen LogP contribution in [0.4, 0.5) is 15.8 Å². The summed E-state index contributed by atoms with van der Waals surface area (Å²) in [4.78, 5) is 2.02. The fourth-order valence-electron chi connectivity index (χ4n) is 3.48. The number of hydrogen-bond acceptors (Lipinski definition) is 5. The van der Waals surface area contributed by atoms with Crippen molar-refractivity contribution in [3.63, 3.8) is 0 Å². The molecule has 2 unspecified atom stereocenters. The molecule has 1 aliphatic heterocycles. The number of para-hydroxylation sites is 1. The number of ether oxygens (including phenoxy) is 1. The molecular weight excluding hydrogens is 449 g/mol. The highest BCUT2D eigenvalue weighted by atomic mass is 79.9. The molecule has 1 N–H and O–H groups in total. The van der Waals surface area contributed by atoms with Crippen LogP contribution in [0.5, 0.6) is 5.75 Å². The van der Waals surface area contributed by atoms with E-state index in [9.17, 15) is 12.8 Å². The van der Waals surface area contributed by atoms with Gasteiger partial charge in [-0.05, 0) is 44.2 Å². The van der Waals surface area contributed by atoms with E-state index < -0.39 is 15.8 Å². The Labute approximate surface area is 173 Å². The molecule has 0 bridgehead atoms. The van der Waals surface area contributed by atoms with E-state index in [2.05, 4.69) is 40.2 Å². The normalized spacial score (nSPS) is 20.1. The minimum absolute atomic E-state index is 0.152. The summed E-state index contributed by atoms with van der Waals surface area (Å²) in [6.45, 7) is 5.74. The van der Waals surface area contributed by atoms with Crippen LogP contribution in [0.2, 0.25) is 0 Å². The molecule has 2 aromatic carbocycles. The minimum atomic E-state index is -4.02. The van der Waals surface area contributed by atoms with Gasteiger partial charge in [0.05, 0.1) is 33.8 Å². The topological polar surface area (TPSA) is 61.9 Å². The van der Waals surface area contributed by atoms with Crippen LogP contribution in [0, 0.1) is 5.82 Å². The second-order valence-electron chi connectivity index (χ2n) is 6.88. The number of methoxy groups -OCH3 is 1. The lowest BCUT2D eigenvalue weighted by Crippen LogP contribution is -2.54. The van der Waals surface area contributed by atoms with Crippen molar-refractivity contribution in [1.82, 2.24) is 5.32 Å². The van der Waals surface area contributed by atoms with Crippen LogP contribution in [-0.2, 0) is 10.0 Å². The number of anilines is 2. The first-order chi connectivity index (χ1) is 13.2. The first-order valence-corrected chi connectivity index (χ1v) is 11.0. The average molecular weight is 472 g/mol. The van der Waals surface area contributed by atoms with Crippen molar-refractivity contribution in [2.24, 2.45) is 0 Å². The standard InChI is InChI=1S/C19H23BrFN3O3S/c1-13-11-23(12-14(2)22-13)17-8-5-9-18(19(17)27-3)24(20)28(25,26)16-7-4-6-15(21)10-16/h4-10,13-14,22H,11-12H2,1-3H3. The number of hydrogen-bond donors (Lipinski definition) is 1. The lowest BCUT2D eigenvalue weighted by atomic mass is 10.1. The molecule has 1 heterocycles. The van der Waals surface area contributed by atoms with Crippen molar-refractivity contribution in [1.29, 1.82) is 0 Å². The van der Waals surface area contributed by atoms with Crippen LogP contribution in [0.3, 0.4) is 0 Å². The Hall–Kier alpha value is -1.84. The van der Waals surface area contributed by atoms with Gasteiger partial charge in [0.2, 0.25) is 0 Å². The maximum atomic E-state index is 13.6. The summed E-state index contributed by atoms with van der Waals surface area (Å²) in [5.41, 5.74) is 1.13. The predicted octanol–water partition coefficient (Wildman–Crippen LogP) is 3.53. The molecule has 0 saturated carbocycles. The highest BCUT2D eigenvalue weighted by Crippen LogP contribution is 2.42. The second-order valence-corrected chi connectivity index (χ2v) is 9.85. The zero-order valence-corrected chi connectivity index (χ0v) is 18.3. The molecule has 0 aliphatic carbocycles. The number of piperazine rings is 1. The van der Waals surface area contributed by atoms with Gasteiger partial charge in [-0.3, -0.25) is 0 Å². The molecule has 1 saturated heterocycles. The Morgan fingerprint density at radius 3 is 2.43 bits per heavy atom. The van der Waals surface area contributed by atoms with E-state index in [1.165, 1.54) is 25.3 Å². The van der Waals surface area contributed by atoms with Gasteiger partial charge in [0.15, 0.2) is 5.75 Å². The van der Waals surface area contributed by atoms with E-state index in [4.69, 9.17) is 4.74 Å². The van der Waals surface area contributed by atoms with Gasteiger partial charge in [0.25, 0.3) is 10.0 Å². The van der Waals surface area contributed by atoms with Gasteiger partial charge in [-0.15, -0.1) is 0 Å². The molecule has 0 spiro atoms. The zero-order chi connectivity index (χ0) is 20.5. The fourth-order valence-corrected chi connectivity index (χ4v) is 5.36. The van der Waals surface area contributed by atoms with Gasteiger partial charge in [-0.25, -0.2) is 12.8 Å². The summed E-state index contributed by atoms with van der Waals surface area (Å²) in [7, 11) is -2.51. The van der Waals surface area contributed by atoms with Crippen LogP contribution in [0.25, 0.3) is 0 Å². The Morgan fingerprint density at radius 2 is 1.82 bits per heavy atom. The quantitative estimate of drug-likeness (QED) is 0.675. The van der Waals surface area contributed by atoms with Crippen LogP contribution in [-0.4, -0.2) is 40.7 Å². The van der Waals surface area contributed by atoms with Crippen molar-refractivity contribution in [3.8, 4) is 5.75 Å². The molecule has 6 nitrogen and oxygen atoms in total. The number of rotatable bonds is 5. The molecule has 2 aromatic rings. The van der Waals surface area contributed by atoms with Crippen LogP contribution in [0.1, 0.15) is 13.8 Å². The van der Waals surface area contributed by atoms with E-state index >= 15 is 0 Å². The van der Waals surface area contributed by atoms with Gasteiger partial charge in [-0.1, -0.05) is 12.1 Å². The molecule has 28 heavy (non-hydrogen) atoms. The summed E-state index contributed by atoms with van der Waals surface area (Å²) in [5.74, 6) is -0.188. The van der Waals surface area contributed by atoms with Gasteiger partial charge >= 0.3 is 0 Å². The first-order valence-electron chi connectivity index (χ1n) is 8.88. The molecule has 0 amide bonds. The highest BCUT2D eigenvalue weighted by molar-refractivity contribution is 9.11. The molecule has 2 atom stereocenters.